The highest BCUT2D eigenvalue weighted by Crippen LogP contribution is 2.31. The summed E-state index contributed by atoms with van der Waals surface area (Å²) in [7, 11) is 0. The fourth-order valence-corrected chi connectivity index (χ4v) is 2.42. The van der Waals surface area contributed by atoms with E-state index >= 15 is 0 Å². The van der Waals surface area contributed by atoms with Gasteiger partial charge >= 0.3 is 12.2 Å². The van der Waals surface area contributed by atoms with Gasteiger partial charge in [-0.25, -0.2) is 4.79 Å². The van der Waals surface area contributed by atoms with Crippen molar-refractivity contribution < 1.29 is 22.8 Å². The molecule has 1 heterocycles. The Kier molecular flexibility index (Phi) is 5.09. The average molecular weight is 330 g/mol. The number of benzene rings is 1. The lowest BCUT2D eigenvalue weighted by molar-refractivity contribution is -0.137. The lowest BCUT2D eigenvalue weighted by Crippen LogP contribution is -2.50. The van der Waals surface area contributed by atoms with Crippen LogP contribution >= 0.6 is 0 Å². The number of hydrogen-bond donors (Lipinski definition) is 2. The van der Waals surface area contributed by atoms with Crippen LogP contribution in [0.4, 0.5) is 23.7 Å². The van der Waals surface area contributed by atoms with Crippen LogP contribution in [0.2, 0.25) is 0 Å². The van der Waals surface area contributed by atoms with Gasteiger partial charge in [-0.05, 0) is 18.2 Å². The Bertz CT molecular complexity index is 584. The van der Waals surface area contributed by atoms with Crippen molar-refractivity contribution in [2.45, 2.75) is 6.18 Å². The molecule has 0 unspecified atom stereocenters. The number of carbonyl (C=O) groups excluding carboxylic acids is 2. The maximum atomic E-state index is 12.7. The zero-order valence-electron chi connectivity index (χ0n) is 12.3. The molecule has 1 fully saturated rings. The Hall–Kier alpha value is -2.29. The number of hydrogen-bond acceptors (Lipinski definition) is 4. The maximum absolute atomic E-state index is 12.7. The fraction of sp³-hybridized carbons (Fsp3) is 0.429. The molecular formula is C14H17F3N4O2. The van der Waals surface area contributed by atoms with E-state index < -0.39 is 23.7 Å². The molecule has 0 bridgehead atoms. The van der Waals surface area contributed by atoms with Gasteiger partial charge in [0.2, 0.25) is 5.91 Å². The largest absolute Gasteiger partial charge is 0.416 e. The van der Waals surface area contributed by atoms with E-state index in [1.54, 1.807) is 6.07 Å². The number of imide groups is 1. The van der Waals surface area contributed by atoms with Gasteiger partial charge in [-0.15, -0.1) is 0 Å². The van der Waals surface area contributed by atoms with Crippen molar-refractivity contribution in [1.82, 2.24) is 10.2 Å². The molecule has 1 aliphatic heterocycles. The zero-order chi connectivity index (χ0) is 17.0. The second kappa shape index (κ2) is 6.86. The van der Waals surface area contributed by atoms with Crippen molar-refractivity contribution in [3.8, 4) is 0 Å². The number of primary amides is 1. The number of halogens is 3. The molecule has 1 aromatic carbocycles. The first-order valence-electron chi connectivity index (χ1n) is 6.99. The number of alkyl halides is 3. The van der Waals surface area contributed by atoms with Crippen LogP contribution in [0.3, 0.4) is 0 Å². The van der Waals surface area contributed by atoms with Crippen molar-refractivity contribution in [3.05, 3.63) is 29.8 Å². The van der Waals surface area contributed by atoms with Crippen molar-refractivity contribution in [1.29, 1.82) is 0 Å². The standard InChI is InChI=1S/C14H17F3N4O2/c15-14(16,17)10-2-1-3-11(8-10)21-6-4-20(5-7-21)9-12(22)19-13(18)23/h1-3,8H,4-7,9H2,(H3,18,19,22,23). The number of nitrogens with one attached hydrogen (secondary N) is 1. The van der Waals surface area contributed by atoms with Gasteiger partial charge in [-0.2, -0.15) is 13.2 Å². The van der Waals surface area contributed by atoms with Crippen molar-refractivity contribution in [3.63, 3.8) is 0 Å². The minimum absolute atomic E-state index is 0.0272. The van der Waals surface area contributed by atoms with Crippen molar-refractivity contribution >= 4 is 17.6 Å². The highest BCUT2D eigenvalue weighted by molar-refractivity contribution is 5.94. The van der Waals surface area contributed by atoms with Crippen LogP contribution in [0.1, 0.15) is 5.56 Å². The van der Waals surface area contributed by atoms with E-state index in [1.807, 2.05) is 15.1 Å². The third-order valence-electron chi connectivity index (χ3n) is 3.54. The summed E-state index contributed by atoms with van der Waals surface area (Å²) in [4.78, 5) is 25.6. The quantitative estimate of drug-likeness (QED) is 0.867. The Morgan fingerprint density at radius 2 is 1.83 bits per heavy atom. The predicted molar refractivity (Wildman–Crippen MR) is 77.8 cm³/mol. The Balaban J connectivity index is 1.92. The number of anilines is 1. The molecule has 3 amide bonds. The summed E-state index contributed by atoms with van der Waals surface area (Å²) in [6.45, 7) is 2.01. The summed E-state index contributed by atoms with van der Waals surface area (Å²) in [5.74, 6) is -0.495. The first-order valence-corrected chi connectivity index (χ1v) is 6.99. The maximum Gasteiger partial charge on any atom is 0.416 e. The highest BCUT2D eigenvalue weighted by atomic mass is 19.4. The average Bonchev–Trinajstić information content (AvgIpc) is 2.46. The number of piperazine rings is 1. The van der Waals surface area contributed by atoms with E-state index in [0.29, 0.717) is 31.9 Å². The number of carbonyl (C=O) groups is 2. The third kappa shape index (κ3) is 4.85. The molecule has 0 spiro atoms. The molecule has 1 aliphatic rings. The molecule has 0 atom stereocenters. The Labute approximate surface area is 131 Å². The summed E-state index contributed by atoms with van der Waals surface area (Å²) in [6, 6.07) is 4.26. The first-order chi connectivity index (χ1) is 10.8. The van der Waals surface area contributed by atoms with Gasteiger partial charge in [0.1, 0.15) is 0 Å². The number of rotatable bonds is 3. The number of nitrogens with two attached hydrogens (primary N) is 1. The predicted octanol–water partition coefficient (Wildman–Crippen LogP) is 1.02. The van der Waals surface area contributed by atoms with Gasteiger partial charge in [0.05, 0.1) is 12.1 Å². The van der Waals surface area contributed by atoms with Crippen LogP contribution in [0.15, 0.2) is 24.3 Å². The zero-order valence-corrected chi connectivity index (χ0v) is 12.3. The van der Waals surface area contributed by atoms with Gasteiger partial charge < -0.3 is 10.6 Å². The topological polar surface area (TPSA) is 78.7 Å². The van der Waals surface area contributed by atoms with E-state index in [1.165, 1.54) is 6.07 Å². The number of urea groups is 1. The molecule has 0 aliphatic carbocycles. The normalized spacial score (nSPS) is 16.2. The molecule has 0 radical (unpaired) electrons. The van der Waals surface area contributed by atoms with Gasteiger partial charge in [0.15, 0.2) is 0 Å². The molecule has 1 saturated heterocycles. The second-order valence-corrected chi connectivity index (χ2v) is 5.22. The SMILES string of the molecule is NC(=O)NC(=O)CN1CCN(c2cccc(C(F)(F)F)c2)CC1. The monoisotopic (exact) mass is 330 g/mol. The number of nitrogens with zero attached hydrogens (tertiary/aromatic N) is 2. The minimum atomic E-state index is -4.37. The molecule has 126 valence electrons. The molecule has 3 N–H and O–H groups in total. The minimum Gasteiger partial charge on any atom is -0.369 e. The fourth-order valence-electron chi connectivity index (χ4n) is 2.42. The molecule has 0 saturated carbocycles. The third-order valence-corrected chi connectivity index (χ3v) is 3.54. The summed E-state index contributed by atoms with van der Waals surface area (Å²) in [5.41, 5.74) is 4.68. The smallest absolute Gasteiger partial charge is 0.369 e. The molecule has 6 nitrogen and oxygen atoms in total. The first kappa shape index (κ1) is 17.1. The van der Waals surface area contributed by atoms with Gasteiger partial charge in [0, 0.05) is 31.9 Å². The molecular weight excluding hydrogens is 313 g/mol. The van der Waals surface area contributed by atoms with Crippen molar-refractivity contribution in [2.75, 3.05) is 37.6 Å². The molecule has 0 aromatic heterocycles. The molecule has 9 heteroatoms. The lowest BCUT2D eigenvalue weighted by atomic mass is 10.1. The summed E-state index contributed by atoms with van der Waals surface area (Å²) in [6.07, 6.45) is -4.37. The van der Waals surface area contributed by atoms with Crippen LogP contribution in [-0.4, -0.2) is 49.6 Å². The Morgan fingerprint density at radius 1 is 1.17 bits per heavy atom. The number of amides is 3. The van der Waals surface area contributed by atoms with E-state index in [0.717, 1.165) is 12.1 Å². The highest BCUT2D eigenvalue weighted by Gasteiger charge is 2.31. The van der Waals surface area contributed by atoms with E-state index in [9.17, 15) is 22.8 Å². The molecule has 2 rings (SSSR count). The Morgan fingerprint density at radius 3 is 2.39 bits per heavy atom. The summed E-state index contributed by atoms with van der Waals surface area (Å²) < 4.78 is 38.2. The van der Waals surface area contributed by atoms with Crippen LogP contribution in [0.25, 0.3) is 0 Å². The van der Waals surface area contributed by atoms with Crippen LogP contribution < -0.4 is 16.0 Å². The van der Waals surface area contributed by atoms with Crippen LogP contribution in [-0.2, 0) is 11.0 Å². The van der Waals surface area contributed by atoms with E-state index in [2.05, 4.69) is 0 Å². The van der Waals surface area contributed by atoms with Crippen molar-refractivity contribution in [2.24, 2.45) is 5.73 Å². The van der Waals surface area contributed by atoms with Crippen LogP contribution in [0.5, 0.6) is 0 Å². The van der Waals surface area contributed by atoms with Gasteiger partial charge in [-0.1, -0.05) is 6.07 Å². The second-order valence-electron chi connectivity index (χ2n) is 5.22. The van der Waals surface area contributed by atoms with Gasteiger partial charge in [-0.3, -0.25) is 15.0 Å². The van der Waals surface area contributed by atoms with Crippen LogP contribution in [0, 0.1) is 0 Å². The summed E-state index contributed by atoms with van der Waals surface area (Å²) in [5, 5.41) is 1.98. The van der Waals surface area contributed by atoms with E-state index in [-0.39, 0.29) is 6.54 Å². The lowest BCUT2D eigenvalue weighted by Gasteiger charge is -2.35. The molecule has 23 heavy (non-hydrogen) atoms. The van der Waals surface area contributed by atoms with Gasteiger partial charge in [0.25, 0.3) is 0 Å². The van der Waals surface area contributed by atoms with E-state index in [4.69, 9.17) is 5.73 Å². The molecule has 1 aromatic rings. The summed E-state index contributed by atoms with van der Waals surface area (Å²) >= 11 is 0.